The fourth-order valence-electron chi connectivity index (χ4n) is 4.71. The van der Waals surface area contributed by atoms with E-state index in [0.29, 0.717) is 46.1 Å². The van der Waals surface area contributed by atoms with Gasteiger partial charge in [-0.1, -0.05) is 12.1 Å². The summed E-state index contributed by atoms with van der Waals surface area (Å²) in [6.45, 7) is 0.483. The molecule has 0 unspecified atom stereocenters. The van der Waals surface area contributed by atoms with Crippen molar-refractivity contribution in [3.05, 3.63) is 113 Å². The molecule has 0 saturated heterocycles. The van der Waals surface area contributed by atoms with Crippen molar-refractivity contribution in [3.63, 3.8) is 0 Å². The Morgan fingerprint density at radius 3 is 2.61 bits per heavy atom. The molecule has 232 valence electrons. The van der Waals surface area contributed by atoms with Crippen LogP contribution < -0.4 is 25.4 Å². The summed E-state index contributed by atoms with van der Waals surface area (Å²) < 4.78 is 37.6. The number of hydrogen-bond acceptors (Lipinski definition) is 10. The molecule has 0 atom stereocenters. The molecule has 0 radical (unpaired) electrons. The van der Waals surface area contributed by atoms with Crippen molar-refractivity contribution in [3.8, 4) is 22.8 Å². The fraction of sp³-hybridized carbons (Fsp3) is 0.121. The van der Waals surface area contributed by atoms with Gasteiger partial charge in [-0.2, -0.15) is 0 Å². The van der Waals surface area contributed by atoms with Crippen LogP contribution in [-0.2, 0) is 13.1 Å². The molecule has 0 fully saturated rings. The minimum Gasteiger partial charge on any atom is -0.497 e. The topological polar surface area (TPSA) is 123 Å². The molecule has 46 heavy (non-hydrogen) atoms. The minimum absolute atomic E-state index is 0.0158. The molecule has 3 heterocycles. The number of nitrogens with one attached hydrogen (secondary N) is 3. The van der Waals surface area contributed by atoms with Crippen molar-refractivity contribution in [2.24, 2.45) is 0 Å². The Bertz CT molecular complexity index is 2040. The molecular weight excluding hydrogens is 612 g/mol. The molecule has 6 rings (SSSR count). The van der Waals surface area contributed by atoms with Gasteiger partial charge in [-0.3, -0.25) is 4.79 Å². The quantitative estimate of drug-likeness (QED) is 0.142. The number of rotatable bonds is 11. The summed E-state index contributed by atoms with van der Waals surface area (Å²) in [7, 11) is 3.22. The van der Waals surface area contributed by atoms with Crippen molar-refractivity contribution in [1.82, 2.24) is 25.3 Å². The number of benzene rings is 3. The molecule has 13 heteroatoms. The van der Waals surface area contributed by atoms with Gasteiger partial charge in [-0.15, -0.1) is 11.3 Å². The first-order chi connectivity index (χ1) is 22.4. The Hall–Kier alpha value is -5.69. The summed E-state index contributed by atoms with van der Waals surface area (Å²) in [4.78, 5) is 30.9. The number of aromatic nitrogens is 4. The Labute approximate surface area is 266 Å². The summed E-state index contributed by atoms with van der Waals surface area (Å²) in [5.41, 5.74) is 3.96. The van der Waals surface area contributed by atoms with Gasteiger partial charge in [-0.05, 0) is 54.1 Å². The van der Waals surface area contributed by atoms with E-state index in [-0.39, 0.29) is 12.1 Å². The third kappa shape index (κ3) is 6.69. The maximum Gasteiger partial charge on any atom is 0.255 e. The molecular formula is C33H27F2N7O3S. The highest BCUT2D eigenvalue weighted by molar-refractivity contribution is 7.14. The zero-order valence-electron chi connectivity index (χ0n) is 24.7. The van der Waals surface area contributed by atoms with Gasteiger partial charge in [0.15, 0.2) is 16.8 Å². The number of nitrogens with zero attached hydrogens (tertiary/aromatic N) is 4. The van der Waals surface area contributed by atoms with Gasteiger partial charge in [0.2, 0.25) is 0 Å². The number of carbonyl (C=O) groups is 1. The number of hydrogen-bond donors (Lipinski definition) is 3. The van der Waals surface area contributed by atoms with E-state index in [9.17, 15) is 13.6 Å². The van der Waals surface area contributed by atoms with Crippen LogP contribution in [0.25, 0.3) is 22.2 Å². The second kappa shape index (κ2) is 13.5. The Kier molecular flexibility index (Phi) is 8.92. The number of anilines is 3. The first kappa shape index (κ1) is 30.3. The van der Waals surface area contributed by atoms with Gasteiger partial charge < -0.3 is 25.4 Å². The van der Waals surface area contributed by atoms with E-state index in [0.717, 1.165) is 34.2 Å². The number of methoxy groups -OCH3 is 2. The van der Waals surface area contributed by atoms with E-state index in [2.05, 4.69) is 30.9 Å². The number of fused-ring (bicyclic) bond motifs is 1. The summed E-state index contributed by atoms with van der Waals surface area (Å²) >= 11 is 1.35. The molecule has 0 aliphatic heterocycles. The van der Waals surface area contributed by atoms with Crippen LogP contribution in [0.5, 0.6) is 11.5 Å². The standard InChI is InChI=1S/C33H27F2N7O3S/c1-44-22-8-6-21(29(14-22)45-2)16-37-30-24-13-20(7-10-27(24)39-18-40-30)28-17-46-33(41-28)42-31-23(4-3-11-36-31)32(43)38-15-19-5-9-25(34)26(35)12-19/h3-14,17-18H,15-16H2,1-2H3,(H,38,43)(H,36,41,42)(H,37,39,40). The predicted octanol–water partition coefficient (Wildman–Crippen LogP) is 6.73. The van der Waals surface area contributed by atoms with Crippen molar-refractivity contribution in [2.45, 2.75) is 13.1 Å². The van der Waals surface area contributed by atoms with Crippen LogP contribution in [0.2, 0.25) is 0 Å². The van der Waals surface area contributed by atoms with Crippen LogP contribution >= 0.6 is 11.3 Å². The maximum atomic E-state index is 13.6. The average molecular weight is 640 g/mol. The molecule has 3 aromatic carbocycles. The van der Waals surface area contributed by atoms with E-state index in [1.807, 2.05) is 41.8 Å². The lowest BCUT2D eigenvalue weighted by Gasteiger charge is -2.13. The van der Waals surface area contributed by atoms with Gasteiger partial charge in [0.05, 0.1) is 31.0 Å². The third-order valence-corrected chi connectivity index (χ3v) is 7.85. The highest BCUT2D eigenvalue weighted by Gasteiger charge is 2.16. The molecule has 0 spiro atoms. The van der Waals surface area contributed by atoms with Crippen LogP contribution in [0.4, 0.5) is 25.5 Å². The van der Waals surface area contributed by atoms with Crippen molar-refractivity contribution in [2.75, 3.05) is 24.9 Å². The molecule has 10 nitrogen and oxygen atoms in total. The summed E-state index contributed by atoms with van der Waals surface area (Å²) in [6, 6.07) is 18.2. The zero-order valence-corrected chi connectivity index (χ0v) is 25.5. The SMILES string of the molecule is COc1ccc(CNc2ncnc3ccc(-c4csc(Nc5ncccc5C(=O)NCc5ccc(F)c(F)c5)n4)cc23)c(OC)c1. The van der Waals surface area contributed by atoms with E-state index in [4.69, 9.17) is 14.5 Å². The lowest BCUT2D eigenvalue weighted by molar-refractivity contribution is 0.0951. The molecule has 0 bridgehead atoms. The maximum absolute atomic E-state index is 13.6. The van der Waals surface area contributed by atoms with Gasteiger partial charge in [0, 0.05) is 47.2 Å². The van der Waals surface area contributed by atoms with E-state index >= 15 is 0 Å². The zero-order chi connectivity index (χ0) is 32.0. The first-order valence-electron chi connectivity index (χ1n) is 14.0. The summed E-state index contributed by atoms with van der Waals surface area (Å²) in [6.07, 6.45) is 3.07. The lowest BCUT2D eigenvalue weighted by Crippen LogP contribution is -2.24. The predicted molar refractivity (Wildman–Crippen MR) is 173 cm³/mol. The molecule has 0 saturated carbocycles. The van der Waals surface area contributed by atoms with Gasteiger partial charge in [0.1, 0.15) is 29.5 Å². The third-order valence-electron chi connectivity index (χ3n) is 7.09. The Balaban J connectivity index is 1.18. The van der Waals surface area contributed by atoms with Crippen molar-refractivity contribution in [1.29, 1.82) is 0 Å². The molecule has 3 aromatic heterocycles. The van der Waals surface area contributed by atoms with Crippen LogP contribution in [0, 0.1) is 11.6 Å². The van der Waals surface area contributed by atoms with Crippen molar-refractivity contribution < 1.29 is 23.0 Å². The Morgan fingerprint density at radius 2 is 1.78 bits per heavy atom. The Morgan fingerprint density at radius 1 is 0.891 bits per heavy atom. The fourth-order valence-corrected chi connectivity index (χ4v) is 5.43. The van der Waals surface area contributed by atoms with Gasteiger partial charge >= 0.3 is 0 Å². The molecule has 0 aliphatic rings. The minimum atomic E-state index is -0.976. The molecule has 0 aliphatic carbocycles. The average Bonchev–Trinajstić information content (AvgIpc) is 3.56. The smallest absolute Gasteiger partial charge is 0.255 e. The van der Waals surface area contributed by atoms with Crippen LogP contribution in [0.3, 0.4) is 0 Å². The van der Waals surface area contributed by atoms with E-state index < -0.39 is 17.5 Å². The number of halogens is 2. The van der Waals surface area contributed by atoms with Gasteiger partial charge in [-0.25, -0.2) is 28.7 Å². The molecule has 3 N–H and O–H groups in total. The highest BCUT2D eigenvalue weighted by atomic mass is 32.1. The normalized spacial score (nSPS) is 10.9. The van der Waals surface area contributed by atoms with Crippen molar-refractivity contribution >= 4 is 44.9 Å². The number of ether oxygens (including phenoxy) is 2. The van der Waals surface area contributed by atoms with Crippen LogP contribution in [-0.4, -0.2) is 40.1 Å². The largest absolute Gasteiger partial charge is 0.497 e. The number of thiazole rings is 1. The van der Waals surface area contributed by atoms with Crippen LogP contribution in [0.15, 0.2) is 84.6 Å². The summed E-state index contributed by atoms with van der Waals surface area (Å²) in [5, 5.41) is 12.5. The number of pyridine rings is 1. The second-order valence-corrected chi connectivity index (χ2v) is 10.8. The van der Waals surface area contributed by atoms with E-state index in [1.54, 1.807) is 32.5 Å². The molecule has 1 amide bonds. The van der Waals surface area contributed by atoms with Crippen LogP contribution in [0.1, 0.15) is 21.5 Å². The molecule has 6 aromatic rings. The van der Waals surface area contributed by atoms with Gasteiger partial charge in [0.25, 0.3) is 5.91 Å². The first-order valence-corrected chi connectivity index (χ1v) is 14.9. The second-order valence-electron chi connectivity index (χ2n) is 9.98. The van der Waals surface area contributed by atoms with E-state index in [1.165, 1.54) is 23.7 Å². The monoisotopic (exact) mass is 639 g/mol. The highest BCUT2D eigenvalue weighted by Crippen LogP contribution is 2.32. The number of carbonyl (C=O) groups excluding carboxylic acids is 1. The number of amides is 1. The lowest BCUT2D eigenvalue weighted by atomic mass is 10.1. The summed E-state index contributed by atoms with van der Waals surface area (Å²) in [5.74, 6) is 0.0119.